The van der Waals surface area contributed by atoms with Gasteiger partial charge in [0, 0.05) is 18.0 Å². The first-order valence-corrected chi connectivity index (χ1v) is 9.80. The lowest BCUT2D eigenvalue weighted by Crippen LogP contribution is -2.44. The Morgan fingerprint density at radius 1 is 1.27 bits per heavy atom. The molecule has 0 bridgehead atoms. The molecule has 0 aliphatic rings. The van der Waals surface area contributed by atoms with Crippen LogP contribution in [0.3, 0.4) is 0 Å². The Morgan fingerprint density at radius 3 is 2.69 bits per heavy atom. The van der Waals surface area contributed by atoms with Crippen molar-refractivity contribution >= 4 is 17.2 Å². The molecule has 2 aromatic rings. The van der Waals surface area contributed by atoms with Crippen LogP contribution in [0, 0.1) is 0 Å². The number of thiophene rings is 1. The van der Waals surface area contributed by atoms with E-state index in [1.54, 1.807) is 18.4 Å². The van der Waals surface area contributed by atoms with Gasteiger partial charge in [0.1, 0.15) is 6.61 Å². The molecule has 0 saturated carbocycles. The molecule has 2 rings (SSSR count). The number of nitrogens with zero attached hydrogens (tertiary/aromatic N) is 1. The summed E-state index contributed by atoms with van der Waals surface area (Å²) in [4.78, 5) is 15.4. The predicted octanol–water partition coefficient (Wildman–Crippen LogP) is 3.68. The van der Waals surface area contributed by atoms with Crippen molar-refractivity contribution in [1.29, 1.82) is 0 Å². The van der Waals surface area contributed by atoms with Crippen molar-refractivity contribution in [2.24, 2.45) is 0 Å². The highest BCUT2D eigenvalue weighted by Gasteiger charge is 2.20. The van der Waals surface area contributed by atoms with Crippen LogP contribution in [0.25, 0.3) is 0 Å². The van der Waals surface area contributed by atoms with Crippen molar-refractivity contribution in [1.82, 2.24) is 10.2 Å². The molecule has 1 amide bonds. The highest BCUT2D eigenvalue weighted by Crippen LogP contribution is 2.30. The van der Waals surface area contributed by atoms with Gasteiger partial charge >= 0.3 is 0 Å². The molecule has 0 fully saturated rings. The third-order valence-electron chi connectivity index (χ3n) is 4.25. The van der Waals surface area contributed by atoms with E-state index in [1.807, 2.05) is 49.6 Å². The molecule has 0 aliphatic carbocycles. The maximum Gasteiger partial charge on any atom is 0.237 e. The fourth-order valence-electron chi connectivity index (χ4n) is 2.72. The number of hydrogen-bond donors (Lipinski definition) is 1. The Morgan fingerprint density at radius 2 is 2.08 bits per heavy atom. The lowest BCUT2D eigenvalue weighted by molar-refractivity contribution is -0.125. The van der Waals surface area contributed by atoms with E-state index in [4.69, 9.17) is 9.47 Å². The number of hydrogen-bond acceptors (Lipinski definition) is 5. The SMILES string of the molecule is CCNC(=O)[C@@H](C)N(CC)Cc1ccc(OCc2cccs2)c(OC)c1. The Labute approximate surface area is 159 Å². The van der Waals surface area contributed by atoms with Gasteiger partial charge in [0.2, 0.25) is 5.91 Å². The first kappa shape index (κ1) is 20.3. The second-order valence-electron chi connectivity index (χ2n) is 5.99. The van der Waals surface area contributed by atoms with Gasteiger partial charge in [-0.3, -0.25) is 9.69 Å². The summed E-state index contributed by atoms with van der Waals surface area (Å²) in [5, 5.41) is 4.92. The van der Waals surface area contributed by atoms with Crippen LogP contribution < -0.4 is 14.8 Å². The number of amides is 1. The molecule has 1 N–H and O–H groups in total. The van der Waals surface area contributed by atoms with E-state index in [-0.39, 0.29) is 11.9 Å². The van der Waals surface area contributed by atoms with Crippen molar-refractivity contribution in [3.63, 3.8) is 0 Å². The van der Waals surface area contributed by atoms with Gasteiger partial charge in [0.15, 0.2) is 11.5 Å². The van der Waals surface area contributed by atoms with Crippen LogP contribution in [0.2, 0.25) is 0 Å². The van der Waals surface area contributed by atoms with Gasteiger partial charge in [-0.15, -0.1) is 11.3 Å². The minimum Gasteiger partial charge on any atom is -0.493 e. The number of likely N-dealkylation sites (N-methyl/N-ethyl adjacent to an activating group) is 2. The number of benzene rings is 1. The quantitative estimate of drug-likeness (QED) is 0.687. The van der Waals surface area contributed by atoms with Crippen molar-refractivity contribution in [3.05, 3.63) is 46.2 Å². The summed E-state index contributed by atoms with van der Waals surface area (Å²) in [6, 6.07) is 9.83. The number of ether oxygens (including phenoxy) is 2. The normalized spacial score (nSPS) is 12.0. The standard InChI is InChI=1S/C20H28N2O3S/c1-5-21-20(23)15(3)22(6-2)13-16-9-10-18(19(12-16)24-4)25-14-17-8-7-11-26-17/h7-12,15H,5-6,13-14H2,1-4H3,(H,21,23)/t15-/m1/s1. The van der Waals surface area contributed by atoms with Crippen LogP contribution >= 0.6 is 11.3 Å². The molecular formula is C20H28N2O3S. The number of methoxy groups -OCH3 is 1. The second-order valence-corrected chi connectivity index (χ2v) is 7.02. The summed E-state index contributed by atoms with van der Waals surface area (Å²) >= 11 is 1.67. The predicted molar refractivity (Wildman–Crippen MR) is 106 cm³/mol. The average molecular weight is 377 g/mol. The lowest BCUT2D eigenvalue weighted by atomic mass is 10.1. The highest BCUT2D eigenvalue weighted by molar-refractivity contribution is 7.09. The van der Waals surface area contributed by atoms with Crippen LogP contribution in [-0.2, 0) is 17.9 Å². The van der Waals surface area contributed by atoms with Gasteiger partial charge in [-0.25, -0.2) is 0 Å². The van der Waals surface area contributed by atoms with Crippen molar-refractivity contribution in [3.8, 4) is 11.5 Å². The maximum absolute atomic E-state index is 12.1. The first-order valence-electron chi connectivity index (χ1n) is 8.92. The zero-order valence-electron chi connectivity index (χ0n) is 16.0. The summed E-state index contributed by atoms with van der Waals surface area (Å²) < 4.78 is 11.4. The van der Waals surface area contributed by atoms with Crippen LogP contribution in [0.5, 0.6) is 11.5 Å². The van der Waals surface area contributed by atoms with Gasteiger partial charge < -0.3 is 14.8 Å². The van der Waals surface area contributed by atoms with E-state index in [1.165, 1.54) is 4.88 Å². The van der Waals surface area contributed by atoms with Gasteiger partial charge in [0.25, 0.3) is 0 Å². The molecule has 0 unspecified atom stereocenters. The van der Waals surface area contributed by atoms with Crippen LogP contribution in [0.4, 0.5) is 0 Å². The third kappa shape index (κ3) is 5.47. The van der Waals surface area contributed by atoms with Gasteiger partial charge in [-0.05, 0) is 49.5 Å². The molecule has 0 aliphatic heterocycles. The van der Waals surface area contributed by atoms with Crippen molar-refractivity contribution in [2.45, 2.75) is 40.0 Å². The molecule has 142 valence electrons. The number of nitrogens with one attached hydrogen (secondary N) is 1. The fourth-order valence-corrected chi connectivity index (χ4v) is 3.33. The minimum absolute atomic E-state index is 0.0530. The van der Waals surface area contributed by atoms with Crippen LogP contribution in [-0.4, -0.2) is 37.0 Å². The summed E-state index contributed by atoms with van der Waals surface area (Å²) in [5.74, 6) is 1.49. The number of rotatable bonds is 10. The molecule has 0 spiro atoms. The minimum atomic E-state index is -0.180. The van der Waals surface area contributed by atoms with E-state index in [0.717, 1.165) is 17.9 Å². The van der Waals surface area contributed by atoms with E-state index in [2.05, 4.69) is 17.1 Å². The van der Waals surface area contributed by atoms with E-state index < -0.39 is 0 Å². The first-order chi connectivity index (χ1) is 12.6. The zero-order chi connectivity index (χ0) is 18.9. The Bertz CT molecular complexity index is 688. The van der Waals surface area contributed by atoms with Crippen LogP contribution in [0.1, 0.15) is 31.2 Å². The van der Waals surface area contributed by atoms with Gasteiger partial charge in [0.05, 0.1) is 13.2 Å². The summed E-state index contributed by atoms with van der Waals surface area (Å²) in [6.07, 6.45) is 0. The fraction of sp³-hybridized carbons (Fsp3) is 0.450. The second kappa shape index (κ2) is 10.2. The molecule has 6 heteroatoms. The lowest BCUT2D eigenvalue weighted by Gasteiger charge is -2.27. The molecule has 1 atom stereocenters. The Hall–Kier alpha value is -2.05. The highest BCUT2D eigenvalue weighted by atomic mass is 32.1. The van der Waals surface area contributed by atoms with E-state index in [9.17, 15) is 4.79 Å². The largest absolute Gasteiger partial charge is 0.493 e. The molecule has 5 nitrogen and oxygen atoms in total. The van der Waals surface area contributed by atoms with Crippen molar-refractivity contribution < 1.29 is 14.3 Å². The molecule has 1 aromatic carbocycles. The molecule has 0 saturated heterocycles. The third-order valence-corrected chi connectivity index (χ3v) is 5.10. The summed E-state index contributed by atoms with van der Waals surface area (Å²) in [6.45, 7) is 8.57. The maximum atomic E-state index is 12.1. The summed E-state index contributed by atoms with van der Waals surface area (Å²) in [7, 11) is 1.64. The van der Waals surface area contributed by atoms with E-state index in [0.29, 0.717) is 25.4 Å². The number of carbonyl (C=O) groups excluding carboxylic acids is 1. The molecular weight excluding hydrogens is 348 g/mol. The Balaban J connectivity index is 2.05. The Kier molecular flexibility index (Phi) is 7.94. The topological polar surface area (TPSA) is 50.8 Å². The van der Waals surface area contributed by atoms with E-state index >= 15 is 0 Å². The summed E-state index contributed by atoms with van der Waals surface area (Å²) in [5.41, 5.74) is 1.09. The molecule has 0 radical (unpaired) electrons. The molecule has 1 heterocycles. The number of carbonyl (C=O) groups is 1. The molecule has 1 aromatic heterocycles. The zero-order valence-corrected chi connectivity index (χ0v) is 16.8. The van der Waals surface area contributed by atoms with Gasteiger partial charge in [-0.1, -0.05) is 19.1 Å². The van der Waals surface area contributed by atoms with Gasteiger partial charge in [-0.2, -0.15) is 0 Å². The molecule has 26 heavy (non-hydrogen) atoms. The monoisotopic (exact) mass is 376 g/mol. The smallest absolute Gasteiger partial charge is 0.237 e. The van der Waals surface area contributed by atoms with Crippen LogP contribution in [0.15, 0.2) is 35.7 Å². The average Bonchev–Trinajstić information content (AvgIpc) is 3.18. The van der Waals surface area contributed by atoms with Crippen molar-refractivity contribution in [2.75, 3.05) is 20.2 Å².